The molecule has 2 nitrogen and oxygen atoms in total. The van der Waals surface area contributed by atoms with E-state index in [-0.39, 0.29) is 6.71 Å². The molecule has 1 fully saturated rings. The van der Waals surface area contributed by atoms with Crippen molar-refractivity contribution in [1.82, 2.24) is 0 Å². The highest BCUT2D eigenvalue weighted by Gasteiger charge is 2.44. The first-order valence-electron chi connectivity index (χ1n) is 15.0. The fraction of sp³-hybridized carbons (Fsp3) is 0.333. The Bertz CT molecular complexity index is 1580. The number of anilines is 5. The fourth-order valence-corrected chi connectivity index (χ4v) is 7.58. The molecule has 2 aliphatic heterocycles. The van der Waals surface area contributed by atoms with Crippen molar-refractivity contribution in [2.24, 2.45) is 0 Å². The van der Waals surface area contributed by atoms with Gasteiger partial charge >= 0.3 is 0 Å². The minimum absolute atomic E-state index is 0.233. The van der Waals surface area contributed by atoms with Crippen molar-refractivity contribution in [2.45, 2.75) is 78.7 Å². The Labute approximate surface area is 234 Å². The van der Waals surface area contributed by atoms with Crippen LogP contribution in [0.1, 0.15) is 74.1 Å². The van der Waals surface area contributed by atoms with Gasteiger partial charge < -0.3 is 9.80 Å². The summed E-state index contributed by atoms with van der Waals surface area (Å²) < 4.78 is 0. The molecule has 0 amide bonds. The number of fused-ring (bicyclic) bond motifs is 4. The highest BCUT2D eigenvalue weighted by molar-refractivity contribution is 7.00. The number of rotatable bonds is 3. The summed E-state index contributed by atoms with van der Waals surface area (Å²) in [6, 6.07) is 28.7. The van der Waals surface area contributed by atoms with Crippen molar-refractivity contribution in [3.05, 3.63) is 95.1 Å². The quantitative estimate of drug-likeness (QED) is 0.228. The predicted molar refractivity (Wildman–Crippen MR) is 170 cm³/mol. The molecule has 1 saturated carbocycles. The summed E-state index contributed by atoms with van der Waals surface area (Å²) in [5.41, 5.74) is 16.6. The van der Waals surface area contributed by atoms with E-state index in [1.807, 2.05) is 0 Å². The molecule has 3 heteroatoms. The van der Waals surface area contributed by atoms with Gasteiger partial charge in [0.25, 0.3) is 6.71 Å². The lowest BCUT2D eigenvalue weighted by Crippen LogP contribution is -2.62. The molecule has 0 bridgehead atoms. The van der Waals surface area contributed by atoms with Crippen molar-refractivity contribution in [3.8, 4) is 0 Å². The van der Waals surface area contributed by atoms with Crippen LogP contribution in [0.15, 0.2) is 72.8 Å². The van der Waals surface area contributed by atoms with Gasteiger partial charge in [0.2, 0.25) is 0 Å². The van der Waals surface area contributed by atoms with Gasteiger partial charge in [-0.15, -0.1) is 0 Å². The molecule has 0 aromatic heterocycles. The molecule has 2 heterocycles. The van der Waals surface area contributed by atoms with Gasteiger partial charge in [-0.3, -0.25) is 0 Å². The molecule has 196 valence electrons. The third kappa shape index (κ3) is 3.85. The Morgan fingerprint density at radius 3 is 2.15 bits per heavy atom. The maximum absolute atomic E-state index is 2.64. The maximum atomic E-state index is 2.64. The van der Waals surface area contributed by atoms with Crippen molar-refractivity contribution >= 4 is 51.5 Å². The standard InChI is InChI=1S/C36H39BN2/c1-23(2)38-33-20-25(4)15-17-29(33)37-30-19-24(3)16-18-32(30)39(31-14-10-9-11-26(31)5)35-22-28(21-34(38)36(35)37)27-12-7-6-8-13-27/h9-11,14-23,27H,6-8,12-13H2,1-5H3. The normalized spacial score (nSPS) is 16.3. The number of benzene rings is 4. The van der Waals surface area contributed by atoms with E-state index in [0.29, 0.717) is 12.0 Å². The molecular formula is C36H39BN2. The Morgan fingerprint density at radius 2 is 1.38 bits per heavy atom. The molecule has 7 rings (SSSR count). The lowest BCUT2D eigenvalue weighted by atomic mass is 9.33. The van der Waals surface area contributed by atoms with Gasteiger partial charge in [-0.05, 0) is 117 Å². The number of aryl methyl sites for hydroxylation is 3. The highest BCUT2D eigenvalue weighted by Crippen LogP contribution is 2.45. The molecule has 0 saturated heterocycles. The number of para-hydroxylation sites is 1. The average Bonchev–Trinajstić information content (AvgIpc) is 2.93. The second kappa shape index (κ2) is 9.33. The van der Waals surface area contributed by atoms with Crippen LogP contribution in [0.2, 0.25) is 0 Å². The molecule has 1 aliphatic carbocycles. The summed E-state index contributed by atoms with van der Waals surface area (Å²) >= 11 is 0. The molecule has 3 aliphatic rings. The summed E-state index contributed by atoms with van der Waals surface area (Å²) in [5.74, 6) is 0.643. The second-order valence-electron chi connectivity index (χ2n) is 12.5. The fourth-order valence-electron chi connectivity index (χ4n) is 7.58. The van der Waals surface area contributed by atoms with Gasteiger partial charge in [0.15, 0.2) is 0 Å². The van der Waals surface area contributed by atoms with E-state index >= 15 is 0 Å². The third-order valence-electron chi connectivity index (χ3n) is 9.39. The molecule has 0 unspecified atom stereocenters. The Kier molecular flexibility index (Phi) is 5.88. The Hall–Kier alpha value is -3.46. The van der Waals surface area contributed by atoms with E-state index in [1.54, 1.807) is 0 Å². The zero-order chi connectivity index (χ0) is 26.8. The van der Waals surface area contributed by atoms with E-state index in [0.717, 1.165) is 0 Å². The summed E-state index contributed by atoms with van der Waals surface area (Å²) in [6.45, 7) is 11.7. The Balaban J connectivity index is 1.59. The molecule has 0 spiro atoms. The molecule has 0 radical (unpaired) electrons. The van der Waals surface area contributed by atoms with Crippen molar-refractivity contribution in [2.75, 3.05) is 9.80 Å². The lowest BCUT2D eigenvalue weighted by molar-refractivity contribution is 0.443. The first-order valence-corrected chi connectivity index (χ1v) is 15.0. The van der Waals surface area contributed by atoms with Crippen LogP contribution in [0.5, 0.6) is 0 Å². The largest absolute Gasteiger partial charge is 0.340 e. The van der Waals surface area contributed by atoms with Gasteiger partial charge in [-0.1, -0.05) is 67.3 Å². The summed E-state index contributed by atoms with van der Waals surface area (Å²) in [6.07, 6.45) is 6.68. The van der Waals surface area contributed by atoms with E-state index in [4.69, 9.17) is 0 Å². The maximum Gasteiger partial charge on any atom is 0.252 e. The van der Waals surface area contributed by atoms with Gasteiger partial charge in [0.05, 0.1) is 0 Å². The van der Waals surface area contributed by atoms with Crippen LogP contribution in [0.3, 0.4) is 0 Å². The predicted octanol–water partition coefficient (Wildman–Crippen LogP) is 7.82. The number of hydrogen-bond donors (Lipinski definition) is 0. The van der Waals surface area contributed by atoms with E-state index < -0.39 is 0 Å². The first-order chi connectivity index (χ1) is 18.9. The Morgan fingerprint density at radius 1 is 0.667 bits per heavy atom. The zero-order valence-electron chi connectivity index (χ0n) is 24.1. The van der Waals surface area contributed by atoms with Crippen molar-refractivity contribution in [3.63, 3.8) is 0 Å². The van der Waals surface area contributed by atoms with Gasteiger partial charge in [-0.25, -0.2) is 0 Å². The number of hydrogen-bond acceptors (Lipinski definition) is 2. The van der Waals surface area contributed by atoms with Crippen LogP contribution >= 0.6 is 0 Å². The summed E-state index contributed by atoms with van der Waals surface area (Å²) in [4.78, 5) is 5.23. The van der Waals surface area contributed by atoms with Crippen molar-refractivity contribution in [1.29, 1.82) is 0 Å². The summed E-state index contributed by atoms with van der Waals surface area (Å²) in [7, 11) is 0. The second-order valence-corrected chi connectivity index (χ2v) is 12.5. The molecular weight excluding hydrogens is 471 g/mol. The average molecular weight is 511 g/mol. The SMILES string of the molecule is Cc1ccc2c(c1)B1c3ccc(C)cc3N(C(C)C)c3cc(C4CCCCC4)cc(c31)N2c1ccccc1C. The van der Waals surface area contributed by atoms with Crippen LogP contribution in [0, 0.1) is 20.8 Å². The van der Waals surface area contributed by atoms with Gasteiger partial charge in [0.1, 0.15) is 0 Å². The van der Waals surface area contributed by atoms with Crippen LogP contribution in [-0.2, 0) is 0 Å². The van der Waals surface area contributed by atoms with Crippen LogP contribution < -0.4 is 26.2 Å². The molecule has 39 heavy (non-hydrogen) atoms. The smallest absolute Gasteiger partial charge is 0.252 e. The zero-order valence-corrected chi connectivity index (χ0v) is 24.1. The molecule has 0 N–H and O–H groups in total. The topological polar surface area (TPSA) is 6.48 Å². The third-order valence-corrected chi connectivity index (χ3v) is 9.39. The minimum atomic E-state index is 0.233. The molecule has 0 atom stereocenters. The van der Waals surface area contributed by atoms with Crippen LogP contribution in [0.25, 0.3) is 0 Å². The molecule has 4 aromatic carbocycles. The number of nitrogens with zero attached hydrogens (tertiary/aromatic N) is 2. The van der Waals surface area contributed by atoms with Crippen LogP contribution in [0.4, 0.5) is 28.4 Å². The van der Waals surface area contributed by atoms with Crippen LogP contribution in [-0.4, -0.2) is 12.8 Å². The highest BCUT2D eigenvalue weighted by atomic mass is 15.2. The lowest BCUT2D eigenvalue weighted by Gasteiger charge is -2.46. The van der Waals surface area contributed by atoms with Gasteiger partial charge in [0, 0.05) is 34.5 Å². The van der Waals surface area contributed by atoms with Gasteiger partial charge in [-0.2, -0.15) is 0 Å². The van der Waals surface area contributed by atoms with Crippen molar-refractivity contribution < 1.29 is 0 Å². The molecule has 4 aromatic rings. The van der Waals surface area contributed by atoms with E-state index in [2.05, 4.69) is 117 Å². The minimum Gasteiger partial charge on any atom is -0.340 e. The van der Waals surface area contributed by atoms with E-state index in [1.165, 1.54) is 99.2 Å². The van der Waals surface area contributed by atoms with E-state index in [9.17, 15) is 0 Å². The first kappa shape index (κ1) is 24.6. The monoisotopic (exact) mass is 510 g/mol. The summed E-state index contributed by atoms with van der Waals surface area (Å²) in [5, 5.41) is 0.